The Morgan fingerprint density at radius 3 is 1.01 bits per heavy atom. The van der Waals surface area contributed by atoms with Crippen molar-refractivity contribution in [2.45, 2.75) is 209 Å². The monoisotopic (exact) mass is 1940 g/mol. The van der Waals surface area contributed by atoms with Crippen LogP contribution in [-0.2, 0) is 49.4 Å². The summed E-state index contributed by atoms with van der Waals surface area (Å²) in [5.74, 6) is 0.437. The normalized spacial score (nSPS) is 16.7. The van der Waals surface area contributed by atoms with Crippen LogP contribution in [0.25, 0.3) is 44.5 Å². The number of nitrogens with one attached hydrogen (secondary N) is 7. The molecule has 0 fully saturated rings. The smallest absolute Gasteiger partial charge is 0.337 e. The van der Waals surface area contributed by atoms with Crippen molar-refractivity contribution >= 4 is 116 Å². The standard InChI is InChI=1S/C31H33N3O4.C31H37N3O3.C30H34N2O4.C28H31N3O2/c1-19(2)38-18-31(37)23-9-12-26(13-10-23)33-29-15-20(3)34(22(5)36)30-14-11-25(17-28(29)30)24-7-6-8-27(16-24)32-21(4)35;1-5-6-7-17-32-27-10-8-9-24(19-27)25-13-16-30-28(20-25)29(18-21(2)34(30)22(3)35)33-26-14-11-23(12-15-26)31(36)37-4;1-5-6-16-36-26-9-7-8-23(18-26)24-12-15-29-27(19-24)28(17-20(2)32(29)21(3)33)31-25-13-10-22(11-14-25)30(34)35-4;1-5-21-8-6-10-24(15-21)30-27-14-18(2)31(20(4)33)28-13-12-23(17-26(27)28)22-9-7-11-25(16-22)29-19(3)32/h6-14,16-17,20,29,33H,1,15,18H2,2-5H3,(H,32,35);8-16,19-21,29,32-33H,5-7,17-18H2,1-4H3;7-15,18-20,28,31H,5-6,16-17H2,1-4H3;6-13,15-18,27,30H,5,14H2,1-4H3,(H,29,32)/t20-,29+;21-,29+;20-,28+;18-,27+/m0000/s1. The predicted octanol–water partition coefficient (Wildman–Crippen LogP) is 26.2. The summed E-state index contributed by atoms with van der Waals surface area (Å²) in [4.78, 5) is 117. The molecule has 0 bridgehead atoms. The topological polar surface area (TPSA) is 288 Å². The van der Waals surface area contributed by atoms with E-state index in [9.17, 15) is 43.2 Å². The van der Waals surface area contributed by atoms with E-state index < -0.39 is 0 Å². The van der Waals surface area contributed by atoms with Crippen LogP contribution >= 0.6 is 0 Å². The van der Waals surface area contributed by atoms with Gasteiger partial charge in [-0.1, -0.05) is 132 Å². The first-order valence-electron chi connectivity index (χ1n) is 49.8. The summed E-state index contributed by atoms with van der Waals surface area (Å²) >= 11 is 0. The van der Waals surface area contributed by atoms with Gasteiger partial charge in [-0.05, 0) is 334 Å². The Bertz CT molecular complexity index is 6600. The molecule has 0 spiro atoms. The number of hydrogen-bond acceptors (Lipinski definition) is 18. The third-order valence-electron chi connectivity index (χ3n) is 26.3. The van der Waals surface area contributed by atoms with Crippen LogP contribution in [0.15, 0.2) is 279 Å². The highest BCUT2D eigenvalue weighted by Gasteiger charge is 2.38. The number of carbonyl (C=O) groups is 9. The summed E-state index contributed by atoms with van der Waals surface area (Å²) in [5, 5.41) is 23.8. The second-order valence-electron chi connectivity index (χ2n) is 37.4. The number of rotatable bonds is 30. The van der Waals surface area contributed by atoms with E-state index in [0.29, 0.717) is 29.1 Å². The molecule has 0 unspecified atom stereocenters. The van der Waals surface area contributed by atoms with Crippen LogP contribution in [0, 0.1) is 0 Å². The molecule has 0 aromatic heterocycles. The van der Waals surface area contributed by atoms with Crippen molar-refractivity contribution in [3.63, 3.8) is 0 Å². The number of allylic oxidation sites excluding steroid dienone is 1. The zero-order valence-electron chi connectivity index (χ0n) is 85.5. The Labute approximate surface area is 847 Å². The van der Waals surface area contributed by atoms with Gasteiger partial charge in [0, 0.05) is 140 Å². The van der Waals surface area contributed by atoms with Crippen LogP contribution in [-0.4, -0.2) is 111 Å². The molecule has 8 atom stereocenters. The number of esters is 2. The van der Waals surface area contributed by atoms with Crippen molar-refractivity contribution in [2.24, 2.45) is 0 Å². The molecule has 7 N–H and O–H groups in total. The van der Waals surface area contributed by atoms with Gasteiger partial charge in [0.2, 0.25) is 35.4 Å². The van der Waals surface area contributed by atoms with E-state index in [4.69, 9.17) is 18.9 Å². The Morgan fingerprint density at radius 2 is 0.667 bits per heavy atom. The third kappa shape index (κ3) is 27.2. The molecule has 6 amide bonds. The van der Waals surface area contributed by atoms with Gasteiger partial charge >= 0.3 is 11.9 Å². The highest BCUT2D eigenvalue weighted by atomic mass is 16.5. The lowest BCUT2D eigenvalue weighted by Crippen LogP contribution is -2.43. The lowest BCUT2D eigenvalue weighted by atomic mass is 9.88. The fraction of sp³-hybridized carbons (Fsp3) is 0.308. The van der Waals surface area contributed by atoms with Crippen LogP contribution in [0.2, 0.25) is 0 Å². The van der Waals surface area contributed by atoms with Gasteiger partial charge in [0.15, 0.2) is 12.4 Å². The molecule has 0 radical (unpaired) electrons. The first kappa shape index (κ1) is 106. The first-order valence-corrected chi connectivity index (χ1v) is 49.8. The molecule has 12 aromatic carbocycles. The van der Waals surface area contributed by atoms with Gasteiger partial charge in [-0.25, -0.2) is 9.59 Å². The average Bonchev–Trinajstić information content (AvgIpc) is 0.776. The van der Waals surface area contributed by atoms with Gasteiger partial charge in [-0.2, -0.15) is 0 Å². The Hall–Kier alpha value is -15.6. The molecule has 144 heavy (non-hydrogen) atoms. The summed E-state index contributed by atoms with van der Waals surface area (Å²) in [6, 6.07) is 87.9. The number of fused-ring (bicyclic) bond motifs is 4. The number of aryl methyl sites for hydroxylation is 1. The minimum Gasteiger partial charge on any atom is -0.494 e. The van der Waals surface area contributed by atoms with Crippen molar-refractivity contribution in [1.29, 1.82) is 0 Å². The quantitative estimate of drug-likeness (QED) is 0.00953. The van der Waals surface area contributed by atoms with Crippen molar-refractivity contribution in [3.05, 3.63) is 324 Å². The summed E-state index contributed by atoms with van der Waals surface area (Å²) in [6.45, 7) is 31.3. The zero-order valence-corrected chi connectivity index (χ0v) is 85.5. The van der Waals surface area contributed by atoms with Crippen molar-refractivity contribution in [2.75, 3.05) is 90.8 Å². The maximum atomic E-state index is 12.6. The van der Waals surface area contributed by atoms with E-state index in [1.54, 1.807) is 71.0 Å². The molecule has 0 saturated carbocycles. The minimum atomic E-state index is -0.360. The van der Waals surface area contributed by atoms with Crippen LogP contribution < -0.4 is 61.6 Å². The molecule has 4 aliphatic heterocycles. The van der Waals surface area contributed by atoms with Gasteiger partial charge in [-0.15, -0.1) is 0 Å². The summed E-state index contributed by atoms with van der Waals surface area (Å²) in [5.41, 5.74) is 25.6. The van der Waals surface area contributed by atoms with E-state index in [2.05, 4.69) is 195 Å². The van der Waals surface area contributed by atoms with Crippen LogP contribution in [0.1, 0.15) is 238 Å². The van der Waals surface area contributed by atoms with E-state index in [1.165, 1.54) is 46.5 Å². The largest absolute Gasteiger partial charge is 0.494 e. The molecular weight excluding hydrogens is 1800 g/mol. The van der Waals surface area contributed by atoms with Gasteiger partial charge in [0.05, 0.1) is 61.9 Å². The number of anilines is 11. The number of carbonyl (C=O) groups excluding carboxylic acids is 9. The molecule has 4 heterocycles. The van der Waals surface area contributed by atoms with Crippen molar-refractivity contribution in [1.82, 2.24) is 0 Å². The number of Topliss-reactive ketones (excluding diaryl/α,β-unsaturated/α-hetero) is 1. The lowest BCUT2D eigenvalue weighted by Gasteiger charge is -2.40. The molecule has 0 saturated heterocycles. The van der Waals surface area contributed by atoms with Gasteiger partial charge in [0.1, 0.15) is 5.75 Å². The van der Waals surface area contributed by atoms with E-state index in [1.807, 2.05) is 148 Å². The molecule has 748 valence electrons. The lowest BCUT2D eigenvalue weighted by molar-refractivity contribution is -0.118. The number of ketones is 1. The number of methoxy groups -OCH3 is 2. The third-order valence-corrected chi connectivity index (χ3v) is 26.3. The minimum absolute atomic E-state index is 0.00138. The number of amides is 6. The summed E-state index contributed by atoms with van der Waals surface area (Å²) in [6.07, 6.45) is 9.76. The number of unbranched alkanes of at least 4 members (excludes halogenated alkanes) is 3. The van der Waals surface area contributed by atoms with E-state index in [0.717, 1.165) is 193 Å². The zero-order chi connectivity index (χ0) is 103. The SMILES string of the molecule is C=C(C)OCC(=O)c1ccc(N[C@@H]2C[C@H](C)N(C(C)=O)c3ccc(-c4cccc(NC(C)=O)c4)cc32)cc1.CCCCCNc1cccc(-c2ccc3c(c2)[C@H](Nc2ccc(C(=O)OC)cc2)C[C@H](C)N3C(C)=O)c1.CCCCOc1cccc(-c2ccc3c(c2)[C@H](Nc2ccc(C(=O)OC)cc2)C[C@H](C)N3C(C)=O)c1.CCc1cccc(N[C@@H]2C[C@H](C)N(C(C)=O)c3ccc(-c4cccc(NC(C)=O)c4)cc32)c1. The summed E-state index contributed by atoms with van der Waals surface area (Å²) < 4.78 is 20.8. The highest BCUT2D eigenvalue weighted by molar-refractivity contribution is 6.00. The Morgan fingerprint density at radius 1 is 0.340 bits per heavy atom. The Balaban J connectivity index is 0.000000161. The number of ether oxygens (including phenoxy) is 4. The second-order valence-corrected chi connectivity index (χ2v) is 37.4. The first-order chi connectivity index (χ1) is 69.3. The Kier molecular flexibility index (Phi) is 36.5. The number of benzene rings is 12. The fourth-order valence-corrected chi connectivity index (χ4v) is 19.5. The number of hydrogen-bond donors (Lipinski definition) is 7. The molecular formula is C120H135N11O13. The average molecular weight is 1940 g/mol. The van der Waals surface area contributed by atoms with E-state index in [-0.39, 0.29) is 108 Å². The molecule has 16 rings (SSSR count). The molecule has 24 heteroatoms. The van der Waals surface area contributed by atoms with Crippen molar-refractivity contribution < 1.29 is 62.1 Å². The number of nitrogens with zero attached hydrogens (tertiary/aromatic N) is 4. The molecule has 24 nitrogen and oxygen atoms in total. The van der Waals surface area contributed by atoms with Crippen molar-refractivity contribution in [3.8, 4) is 50.3 Å². The summed E-state index contributed by atoms with van der Waals surface area (Å²) in [7, 11) is 2.76. The second kappa shape index (κ2) is 49.7. The predicted molar refractivity (Wildman–Crippen MR) is 582 cm³/mol. The highest BCUT2D eigenvalue weighted by Crippen LogP contribution is 2.48. The van der Waals surface area contributed by atoms with Crippen LogP contribution in [0.4, 0.5) is 62.6 Å². The van der Waals surface area contributed by atoms with Crippen LogP contribution in [0.3, 0.4) is 0 Å². The van der Waals surface area contributed by atoms with Gasteiger partial charge in [-0.3, -0.25) is 33.6 Å². The molecule has 4 aliphatic rings. The van der Waals surface area contributed by atoms with Gasteiger partial charge < -0.3 is 75.8 Å². The van der Waals surface area contributed by atoms with Crippen LogP contribution in [0.5, 0.6) is 5.75 Å². The molecule has 12 aromatic rings. The van der Waals surface area contributed by atoms with E-state index >= 15 is 0 Å². The fourth-order valence-electron chi connectivity index (χ4n) is 19.5. The van der Waals surface area contributed by atoms with Gasteiger partial charge in [0.25, 0.3) is 0 Å². The maximum absolute atomic E-state index is 12.6. The maximum Gasteiger partial charge on any atom is 0.337 e. The molecule has 0 aliphatic carbocycles.